The first kappa shape index (κ1) is 16.5. The number of aliphatic hydroxyl groups excluding tert-OH is 1. The summed E-state index contributed by atoms with van der Waals surface area (Å²) < 4.78 is 0. The minimum absolute atomic E-state index is 0.0110. The zero-order valence-corrected chi connectivity index (χ0v) is 15.2. The number of benzene rings is 2. The molecule has 1 aliphatic rings. The van der Waals surface area contributed by atoms with Gasteiger partial charge in [0, 0.05) is 10.9 Å². The molecule has 0 fully saturated rings. The van der Waals surface area contributed by atoms with Crippen LogP contribution < -0.4 is 0 Å². The van der Waals surface area contributed by atoms with Gasteiger partial charge in [0.15, 0.2) is 0 Å². The van der Waals surface area contributed by atoms with Gasteiger partial charge in [-0.05, 0) is 12.5 Å². The molecule has 4 rings (SSSR count). The zero-order chi connectivity index (χ0) is 18.1. The Balaban J connectivity index is 1.61. The summed E-state index contributed by atoms with van der Waals surface area (Å²) in [6.07, 6.45) is 0. The van der Waals surface area contributed by atoms with Gasteiger partial charge in [-0.3, -0.25) is 5.41 Å². The maximum absolute atomic E-state index is 10.5. The lowest BCUT2D eigenvalue weighted by molar-refractivity contribution is 0.310. The second kappa shape index (κ2) is 6.77. The van der Waals surface area contributed by atoms with Crippen LogP contribution in [0, 0.1) is 5.41 Å². The lowest BCUT2D eigenvalue weighted by Crippen LogP contribution is -2.29. The maximum Gasteiger partial charge on any atom is 0.135 e. The molecule has 1 atom stereocenters. The van der Waals surface area contributed by atoms with Crippen LogP contribution in [0.25, 0.3) is 16.8 Å². The van der Waals surface area contributed by atoms with Crippen molar-refractivity contribution in [2.45, 2.75) is 13.0 Å². The van der Waals surface area contributed by atoms with Crippen molar-refractivity contribution in [2.24, 2.45) is 0 Å². The van der Waals surface area contributed by atoms with Gasteiger partial charge in [-0.25, -0.2) is 4.98 Å². The van der Waals surface area contributed by atoms with Gasteiger partial charge >= 0.3 is 0 Å². The average Bonchev–Trinajstić information content (AvgIpc) is 3.27. The fourth-order valence-electron chi connectivity index (χ4n) is 3.20. The molecule has 0 aliphatic carbocycles. The molecule has 3 aromatic rings. The average molecular weight is 361 g/mol. The topological polar surface area (TPSA) is 60.2 Å². The van der Waals surface area contributed by atoms with E-state index in [9.17, 15) is 5.11 Å². The molecule has 130 valence electrons. The van der Waals surface area contributed by atoms with Crippen LogP contribution in [0.2, 0.25) is 0 Å². The second-order valence-corrected chi connectivity index (χ2v) is 7.15. The van der Waals surface area contributed by atoms with Crippen molar-refractivity contribution in [1.82, 2.24) is 9.88 Å². The Morgan fingerprint density at radius 2 is 1.73 bits per heavy atom. The SMILES string of the molecule is C[C@@H](c1ccccc1)N1CC(O)=C(c2nc(-c3ccccc3)cs2)C1=N. The highest BCUT2D eigenvalue weighted by Crippen LogP contribution is 2.35. The van der Waals surface area contributed by atoms with Gasteiger partial charge < -0.3 is 10.0 Å². The smallest absolute Gasteiger partial charge is 0.135 e. The van der Waals surface area contributed by atoms with Crippen molar-refractivity contribution in [3.05, 3.63) is 82.4 Å². The van der Waals surface area contributed by atoms with E-state index < -0.39 is 0 Å². The molecular weight excluding hydrogens is 342 g/mol. The number of aliphatic hydroxyl groups is 1. The molecule has 26 heavy (non-hydrogen) atoms. The summed E-state index contributed by atoms with van der Waals surface area (Å²) in [4.78, 5) is 6.57. The molecule has 0 radical (unpaired) electrons. The van der Waals surface area contributed by atoms with E-state index in [0.717, 1.165) is 16.8 Å². The first-order valence-electron chi connectivity index (χ1n) is 8.49. The molecule has 0 saturated carbocycles. The predicted octanol–water partition coefficient (Wildman–Crippen LogP) is 5.13. The third kappa shape index (κ3) is 2.91. The van der Waals surface area contributed by atoms with Crippen LogP contribution >= 0.6 is 11.3 Å². The minimum atomic E-state index is 0.0110. The lowest BCUT2D eigenvalue weighted by atomic mass is 10.1. The van der Waals surface area contributed by atoms with E-state index in [1.807, 2.05) is 70.9 Å². The minimum Gasteiger partial charge on any atom is -0.510 e. The van der Waals surface area contributed by atoms with Crippen molar-refractivity contribution in [1.29, 1.82) is 5.41 Å². The Labute approximate surface area is 156 Å². The van der Waals surface area contributed by atoms with Crippen LogP contribution in [-0.4, -0.2) is 27.4 Å². The Kier molecular flexibility index (Phi) is 4.31. The van der Waals surface area contributed by atoms with Crippen LogP contribution in [0.1, 0.15) is 23.5 Å². The van der Waals surface area contributed by atoms with Gasteiger partial charge in [0.25, 0.3) is 0 Å². The Bertz CT molecular complexity index is 963. The van der Waals surface area contributed by atoms with Crippen LogP contribution in [0.5, 0.6) is 0 Å². The summed E-state index contributed by atoms with van der Waals surface area (Å²) in [5.74, 6) is 0.541. The summed E-state index contributed by atoms with van der Waals surface area (Å²) in [6.45, 7) is 2.39. The number of aromatic nitrogens is 1. The highest BCUT2D eigenvalue weighted by Gasteiger charge is 2.33. The highest BCUT2D eigenvalue weighted by molar-refractivity contribution is 7.11. The van der Waals surface area contributed by atoms with Gasteiger partial charge in [-0.2, -0.15) is 0 Å². The van der Waals surface area contributed by atoms with Crippen molar-refractivity contribution in [2.75, 3.05) is 6.54 Å². The monoisotopic (exact) mass is 361 g/mol. The Morgan fingerprint density at radius 3 is 2.42 bits per heavy atom. The molecule has 0 bridgehead atoms. The largest absolute Gasteiger partial charge is 0.510 e. The summed E-state index contributed by atoms with van der Waals surface area (Å²) in [7, 11) is 0. The molecule has 0 amide bonds. The van der Waals surface area contributed by atoms with Gasteiger partial charge in [0.05, 0.1) is 23.9 Å². The summed E-state index contributed by atoms with van der Waals surface area (Å²) in [6, 6.07) is 20.0. The molecule has 0 unspecified atom stereocenters. The quantitative estimate of drug-likeness (QED) is 0.677. The molecule has 1 aromatic heterocycles. The first-order valence-corrected chi connectivity index (χ1v) is 9.37. The predicted molar refractivity (Wildman–Crippen MR) is 106 cm³/mol. The van der Waals surface area contributed by atoms with Gasteiger partial charge in [0.1, 0.15) is 16.6 Å². The van der Waals surface area contributed by atoms with E-state index >= 15 is 0 Å². The summed E-state index contributed by atoms with van der Waals surface area (Å²) in [5, 5.41) is 21.8. The number of amidine groups is 1. The molecule has 2 N–H and O–H groups in total. The molecule has 1 aliphatic heterocycles. The fraction of sp³-hybridized carbons (Fsp3) is 0.143. The molecule has 5 heteroatoms. The number of hydrogen-bond donors (Lipinski definition) is 2. The molecular formula is C21H19N3OS. The molecule has 2 aromatic carbocycles. The van der Waals surface area contributed by atoms with Crippen molar-refractivity contribution < 1.29 is 5.11 Å². The second-order valence-electron chi connectivity index (χ2n) is 6.29. The Morgan fingerprint density at radius 1 is 1.08 bits per heavy atom. The van der Waals surface area contributed by atoms with E-state index in [0.29, 0.717) is 23.0 Å². The van der Waals surface area contributed by atoms with Gasteiger partial charge in [-0.15, -0.1) is 11.3 Å². The first-order chi connectivity index (χ1) is 12.6. The number of thiazole rings is 1. The molecule has 0 saturated heterocycles. The normalized spacial score (nSPS) is 15.6. The van der Waals surface area contributed by atoms with Crippen molar-refractivity contribution in [3.8, 4) is 11.3 Å². The van der Waals surface area contributed by atoms with E-state index in [4.69, 9.17) is 5.41 Å². The number of hydrogen-bond acceptors (Lipinski definition) is 4. The van der Waals surface area contributed by atoms with Crippen molar-refractivity contribution >= 4 is 22.7 Å². The zero-order valence-electron chi connectivity index (χ0n) is 14.4. The molecule has 0 spiro atoms. The van der Waals surface area contributed by atoms with Gasteiger partial charge in [0.2, 0.25) is 0 Å². The van der Waals surface area contributed by atoms with E-state index in [-0.39, 0.29) is 11.8 Å². The number of rotatable bonds is 4. The maximum atomic E-state index is 10.5. The highest BCUT2D eigenvalue weighted by atomic mass is 32.1. The summed E-state index contributed by atoms with van der Waals surface area (Å²) >= 11 is 1.46. The van der Waals surface area contributed by atoms with E-state index in [1.165, 1.54) is 11.3 Å². The molecule has 2 heterocycles. The van der Waals surface area contributed by atoms with Crippen LogP contribution in [-0.2, 0) is 0 Å². The third-order valence-corrected chi connectivity index (χ3v) is 5.53. The third-order valence-electron chi connectivity index (χ3n) is 4.67. The number of nitrogens with zero attached hydrogens (tertiary/aromatic N) is 2. The lowest BCUT2D eigenvalue weighted by Gasteiger charge is -2.26. The Hall–Kier alpha value is -2.92. The summed E-state index contributed by atoms with van der Waals surface area (Å²) in [5.41, 5.74) is 3.57. The van der Waals surface area contributed by atoms with Crippen LogP contribution in [0.3, 0.4) is 0 Å². The fourth-order valence-corrected chi connectivity index (χ4v) is 4.09. The van der Waals surface area contributed by atoms with E-state index in [2.05, 4.69) is 11.9 Å². The van der Waals surface area contributed by atoms with Crippen LogP contribution in [0.15, 0.2) is 71.8 Å². The standard InChI is InChI=1S/C21H19N3OS/c1-14(15-8-4-2-5-9-15)24-12-18(25)19(20(24)22)21-23-17(13-26-21)16-10-6-3-7-11-16/h2-11,13-14,22,25H,12H2,1H3/t14-/m0/s1. The molecule has 4 nitrogen and oxygen atoms in total. The number of nitrogens with one attached hydrogen (secondary N) is 1. The van der Waals surface area contributed by atoms with Crippen LogP contribution in [0.4, 0.5) is 0 Å². The van der Waals surface area contributed by atoms with E-state index in [1.54, 1.807) is 0 Å². The van der Waals surface area contributed by atoms with Gasteiger partial charge in [-0.1, -0.05) is 60.7 Å². The van der Waals surface area contributed by atoms with Crippen molar-refractivity contribution in [3.63, 3.8) is 0 Å².